The van der Waals surface area contributed by atoms with Crippen LogP contribution in [-0.2, 0) is 17.9 Å². The zero-order valence-corrected chi connectivity index (χ0v) is 17.6. The zero-order valence-electron chi connectivity index (χ0n) is 16.0. The second-order valence-corrected chi connectivity index (χ2v) is 8.09. The maximum absolute atomic E-state index is 12.9. The maximum Gasteiger partial charge on any atom is 0.247 e. The third-order valence-corrected chi connectivity index (χ3v) is 5.79. The summed E-state index contributed by atoms with van der Waals surface area (Å²) in [6.07, 6.45) is 3.44. The van der Waals surface area contributed by atoms with Gasteiger partial charge in [0.05, 0.1) is 26.8 Å². The van der Waals surface area contributed by atoms with Crippen molar-refractivity contribution >= 4 is 34.7 Å². The summed E-state index contributed by atoms with van der Waals surface area (Å²) >= 11 is 3.32. The summed E-state index contributed by atoms with van der Waals surface area (Å²) in [4.78, 5) is 17.1. The number of thiophene rings is 2. The van der Waals surface area contributed by atoms with Crippen molar-refractivity contribution in [3.05, 3.63) is 74.6 Å². The molecular formula is C22H23NO3S2. The normalized spacial score (nSPS) is 10.9. The van der Waals surface area contributed by atoms with Gasteiger partial charge in [-0.1, -0.05) is 18.2 Å². The van der Waals surface area contributed by atoms with Crippen molar-refractivity contribution in [2.75, 3.05) is 13.7 Å². The molecule has 0 aliphatic carbocycles. The monoisotopic (exact) mass is 413 g/mol. The number of hydrogen-bond acceptors (Lipinski definition) is 5. The Balaban J connectivity index is 1.75. The highest BCUT2D eigenvalue weighted by Gasteiger charge is 2.13. The second-order valence-electron chi connectivity index (χ2n) is 6.03. The summed E-state index contributed by atoms with van der Waals surface area (Å²) in [7, 11) is 1.62. The number of ether oxygens (including phenoxy) is 2. The molecule has 3 rings (SSSR count). The molecule has 3 aromatic rings. The number of benzene rings is 1. The van der Waals surface area contributed by atoms with E-state index in [1.165, 1.54) is 9.75 Å². The first kappa shape index (κ1) is 20.2. The quantitative estimate of drug-likeness (QED) is 0.437. The molecule has 0 aliphatic heterocycles. The average Bonchev–Trinajstić information content (AvgIpc) is 3.40. The molecule has 0 fully saturated rings. The Kier molecular flexibility index (Phi) is 7.28. The van der Waals surface area contributed by atoms with Gasteiger partial charge in [-0.3, -0.25) is 4.79 Å². The highest BCUT2D eigenvalue weighted by atomic mass is 32.1. The Hall–Kier alpha value is -2.57. The lowest BCUT2D eigenvalue weighted by Gasteiger charge is -2.20. The first-order valence-electron chi connectivity index (χ1n) is 9.02. The molecule has 0 radical (unpaired) electrons. The highest BCUT2D eigenvalue weighted by molar-refractivity contribution is 7.10. The summed E-state index contributed by atoms with van der Waals surface area (Å²) in [6, 6.07) is 13.8. The number of methoxy groups -OCH3 is 1. The topological polar surface area (TPSA) is 38.8 Å². The molecule has 6 heteroatoms. The van der Waals surface area contributed by atoms with Crippen LogP contribution in [0.25, 0.3) is 6.08 Å². The van der Waals surface area contributed by atoms with Gasteiger partial charge in [0, 0.05) is 15.8 Å². The first-order chi connectivity index (χ1) is 13.7. The van der Waals surface area contributed by atoms with Crippen LogP contribution in [0.2, 0.25) is 0 Å². The predicted octanol–water partition coefficient (Wildman–Crippen LogP) is 5.46. The van der Waals surface area contributed by atoms with Gasteiger partial charge in [0.25, 0.3) is 0 Å². The van der Waals surface area contributed by atoms with E-state index in [9.17, 15) is 4.79 Å². The fourth-order valence-corrected chi connectivity index (χ4v) is 4.17. The molecule has 1 amide bonds. The minimum atomic E-state index is -0.0180. The van der Waals surface area contributed by atoms with Crippen LogP contribution in [0.4, 0.5) is 0 Å². The fraction of sp³-hybridized carbons (Fsp3) is 0.227. The third-order valence-electron chi connectivity index (χ3n) is 4.07. The number of carbonyl (C=O) groups excluding carboxylic acids is 1. The van der Waals surface area contributed by atoms with E-state index in [1.54, 1.807) is 35.9 Å². The van der Waals surface area contributed by atoms with Gasteiger partial charge in [-0.05, 0) is 53.6 Å². The molecule has 28 heavy (non-hydrogen) atoms. The van der Waals surface area contributed by atoms with Crippen LogP contribution in [0.3, 0.4) is 0 Å². The minimum Gasteiger partial charge on any atom is -0.493 e. The first-order valence-corrected chi connectivity index (χ1v) is 10.8. The number of nitrogens with zero attached hydrogens (tertiary/aromatic N) is 1. The SMILES string of the molecule is CCOc1cc(/C=C/C(=O)N(Cc2cccs2)Cc2cccs2)ccc1OC. The van der Waals surface area contributed by atoms with Crippen molar-refractivity contribution in [1.82, 2.24) is 4.90 Å². The molecule has 0 bridgehead atoms. The predicted molar refractivity (Wildman–Crippen MR) is 116 cm³/mol. The van der Waals surface area contributed by atoms with Crippen molar-refractivity contribution in [1.29, 1.82) is 0 Å². The van der Waals surface area contributed by atoms with Gasteiger partial charge in [-0.2, -0.15) is 0 Å². The maximum atomic E-state index is 12.9. The standard InChI is InChI=1S/C22H23NO3S2/c1-3-26-21-14-17(8-10-20(21)25-2)9-11-22(24)23(15-18-6-4-12-27-18)16-19-7-5-13-28-19/h4-14H,3,15-16H2,1-2H3/b11-9+. The Bertz CT molecular complexity index is 866. The molecule has 0 N–H and O–H groups in total. The second kappa shape index (κ2) is 10.1. The minimum absolute atomic E-state index is 0.0180. The zero-order chi connectivity index (χ0) is 19.8. The number of amides is 1. The van der Waals surface area contributed by atoms with Gasteiger partial charge in [-0.25, -0.2) is 0 Å². The Morgan fingerprint density at radius 1 is 1.04 bits per heavy atom. The molecule has 2 heterocycles. The Labute approximate surface area is 173 Å². The van der Waals surface area contributed by atoms with E-state index in [0.717, 1.165) is 5.56 Å². The molecule has 2 aromatic heterocycles. The van der Waals surface area contributed by atoms with Gasteiger partial charge in [0.1, 0.15) is 0 Å². The summed E-state index contributed by atoms with van der Waals surface area (Å²) < 4.78 is 10.9. The molecule has 1 aromatic carbocycles. The average molecular weight is 414 g/mol. The van der Waals surface area contributed by atoms with E-state index in [4.69, 9.17) is 9.47 Å². The van der Waals surface area contributed by atoms with Crippen molar-refractivity contribution in [3.8, 4) is 11.5 Å². The van der Waals surface area contributed by atoms with Crippen molar-refractivity contribution < 1.29 is 14.3 Å². The largest absolute Gasteiger partial charge is 0.493 e. The smallest absolute Gasteiger partial charge is 0.247 e. The van der Waals surface area contributed by atoms with Gasteiger partial charge in [-0.15, -0.1) is 22.7 Å². The van der Waals surface area contributed by atoms with Crippen molar-refractivity contribution in [2.45, 2.75) is 20.0 Å². The van der Waals surface area contributed by atoms with E-state index in [-0.39, 0.29) is 5.91 Å². The Morgan fingerprint density at radius 2 is 1.71 bits per heavy atom. The molecule has 0 aliphatic rings. The molecule has 4 nitrogen and oxygen atoms in total. The number of carbonyl (C=O) groups is 1. The molecule has 0 spiro atoms. The van der Waals surface area contributed by atoms with E-state index in [0.29, 0.717) is 31.2 Å². The summed E-state index contributed by atoms with van der Waals surface area (Å²) in [5.74, 6) is 1.34. The van der Waals surface area contributed by atoms with Crippen LogP contribution < -0.4 is 9.47 Å². The van der Waals surface area contributed by atoms with Gasteiger partial charge in [0.2, 0.25) is 5.91 Å². The molecule has 0 atom stereocenters. The van der Waals surface area contributed by atoms with Crippen molar-refractivity contribution in [3.63, 3.8) is 0 Å². The lowest BCUT2D eigenvalue weighted by Crippen LogP contribution is -2.27. The molecular weight excluding hydrogens is 390 g/mol. The molecule has 0 saturated carbocycles. The van der Waals surface area contributed by atoms with Gasteiger partial charge in [0.15, 0.2) is 11.5 Å². The van der Waals surface area contributed by atoms with E-state index < -0.39 is 0 Å². The molecule has 0 unspecified atom stereocenters. The van der Waals surface area contributed by atoms with Gasteiger partial charge >= 0.3 is 0 Å². The van der Waals surface area contributed by atoms with E-state index in [2.05, 4.69) is 12.1 Å². The van der Waals surface area contributed by atoms with Crippen LogP contribution >= 0.6 is 22.7 Å². The lowest BCUT2D eigenvalue weighted by molar-refractivity contribution is -0.127. The Morgan fingerprint density at radius 3 is 2.25 bits per heavy atom. The van der Waals surface area contributed by atoms with E-state index >= 15 is 0 Å². The van der Waals surface area contributed by atoms with Crippen LogP contribution in [0.5, 0.6) is 11.5 Å². The van der Waals surface area contributed by atoms with Gasteiger partial charge < -0.3 is 14.4 Å². The van der Waals surface area contributed by atoms with Crippen LogP contribution in [0.1, 0.15) is 22.2 Å². The van der Waals surface area contributed by atoms with Crippen LogP contribution in [0.15, 0.2) is 59.3 Å². The third kappa shape index (κ3) is 5.47. The number of hydrogen-bond donors (Lipinski definition) is 0. The number of rotatable bonds is 9. The van der Waals surface area contributed by atoms with Crippen LogP contribution in [0, 0.1) is 0 Å². The lowest BCUT2D eigenvalue weighted by atomic mass is 10.2. The summed E-state index contributed by atoms with van der Waals surface area (Å²) in [5, 5.41) is 4.07. The fourth-order valence-electron chi connectivity index (χ4n) is 2.73. The molecule has 146 valence electrons. The van der Waals surface area contributed by atoms with Crippen molar-refractivity contribution in [2.24, 2.45) is 0 Å². The van der Waals surface area contributed by atoms with Crippen LogP contribution in [-0.4, -0.2) is 24.5 Å². The highest BCUT2D eigenvalue weighted by Crippen LogP contribution is 2.28. The van der Waals surface area contributed by atoms with E-state index in [1.807, 2.05) is 59.0 Å². The molecule has 0 saturated heterocycles. The summed E-state index contributed by atoms with van der Waals surface area (Å²) in [5.41, 5.74) is 0.893. The summed E-state index contributed by atoms with van der Waals surface area (Å²) in [6.45, 7) is 3.69.